The molecule has 8 nitrogen and oxygen atoms in total. The zero-order chi connectivity index (χ0) is 27.7. The van der Waals surface area contributed by atoms with Crippen molar-refractivity contribution in [2.45, 2.75) is 31.2 Å². The van der Waals surface area contributed by atoms with Crippen molar-refractivity contribution in [2.75, 3.05) is 29.1 Å². The number of nitrogens with one attached hydrogen (secondary N) is 1. The minimum atomic E-state index is -3.93. The second-order valence-corrected chi connectivity index (χ2v) is 12.2. The van der Waals surface area contributed by atoms with E-state index in [1.165, 1.54) is 24.6 Å². The number of para-hydroxylation sites is 1. The molecule has 0 saturated carbocycles. The summed E-state index contributed by atoms with van der Waals surface area (Å²) >= 11 is 0. The third kappa shape index (κ3) is 5.37. The third-order valence-electron chi connectivity index (χ3n) is 7.26. The van der Waals surface area contributed by atoms with Gasteiger partial charge >= 0.3 is 0 Å². The summed E-state index contributed by atoms with van der Waals surface area (Å²) in [5, 5.41) is 6.78. The molecule has 204 valence electrons. The van der Waals surface area contributed by atoms with E-state index in [2.05, 4.69) is 51.8 Å². The lowest BCUT2D eigenvalue weighted by Gasteiger charge is -2.17. The number of benzene rings is 3. The first-order valence-electron chi connectivity index (χ1n) is 13.3. The highest BCUT2D eigenvalue weighted by molar-refractivity contribution is 7.92. The maximum Gasteiger partial charge on any atom is 0.241 e. The normalized spacial score (nSPS) is 13.7. The molecule has 6 rings (SSSR count). The predicted octanol–water partition coefficient (Wildman–Crippen LogP) is 5.67. The molecule has 2 aromatic heterocycles. The average Bonchev–Trinajstić information content (AvgIpc) is 3.70. The van der Waals surface area contributed by atoms with Crippen molar-refractivity contribution < 1.29 is 17.7 Å². The van der Waals surface area contributed by atoms with E-state index < -0.39 is 21.5 Å². The number of aryl methyl sites for hydroxylation is 1. The first-order valence-corrected chi connectivity index (χ1v) is 15.0. The molecule has 1 aliphatic rings. The van der Waals surface area contributed by atoms with Crippen molar-refractivity contribution in [1.29, 1.82) is 0 Å². The Labute approximate surface area is 233 Å². The van der Waals surface area contributed by atoms with E-state index in [0.29, 0.717) is 17.7 Å². The SMILES string of the molecule is Cc1cc(NC(=O)CS(=O)(=O)c2cn(Cc3cccc(-c4ccc(N5CCCC5)cc4)c3)c3ccccc23)no1. The Balaban J connectivity index is 1.24. The van der Waals surface area contributed by atoms with Crippen LogP contribution in [-0.4, -0.2) is 42.9 Å². The Bertz CT molecular complexity index is 1780. The molecule has 1 N–H and O–H groups in total. The van der Waals surface area contributed by atoms with E-state index >= 15 is 0 Å². The first kappa shape index (κ1) is 25.9. The summed E-state index contributed by atoms with van der Waals surface area (Å²) in [4.78, 5) is 15.1. The Kier molecular flexibility index (Phi) is 6.89. The van der Waals surface area contributed by atoms with Gasteiger partial charge < -0.3 is 19.3 Å². The zero-order valence-corrected chi connectivity index (χ0v) is 23.0. The van der Waals surface area contributed by atoms with E-state index in [4.69, 9.17) is 4.52 Å². The van der Waals surface area contributed by atoms with Crippen LogP contribution >= 0.6 is 0 Å². The first-order chi connectivity index (χ1) is 19.4. The Morgan fingerprint density at radius 1 is 0.950 bits per heavy atom. The minimum Gasteiger partial charge on any atom is -0.372 e. The molecule has 0 spiro atoms. The summed E-state index contributed by atoms with van der Waals surface area (Å²) in [5.74, 6) is -0.667. The van der Waals surface area contributed by atoms with Crippen LogP contribution in [0.25, 0.3) is 22.0 Å². The molecule has 0 unspecified atom stereocenters. The summed E-state index contributed by atoms with van der Waals surface area (Å²) < 4.78 is 33.6. The lowest BCUT2D eigenvalue weighted by molar-refractivity contribution is -0.113. The van der Waals surface area contributed by atoms with Gasteiger partial charge in [-0.1, -0.05) is 53.7 Å². The summed E-state index contributed by atoms with van der Waals surface area (Å²) in [6.45, 7) is 4.40. The van der Waals surface area contributed by atoms with Gasteiger partial charge in [0.2, 0.25) is 5.91 Å². The van der Waals surface area contributed by atoms with Crippen LogP contribution in [0.15, 0.2) is 94.5 Å². The average molecular weight is 555 g/mol. The lowest BCUT2D eigenvalue weighted by atomic mass is 10.0. The van der Waals surface area contributed by atoms with Crippen LogP contribution in [0.4, 0.5) is 11.5 Å². The molecule has 1 fully saturated rings. The zero-order valence-electron chi connectivity index (χ0n) is 22.2. The van der Waals surface area contributed by atoms with Crippen LogP contribution in [0.1, 0.15) is 24.2 Å². The molecule has 0 bridgehead atoms. The Morgan fingerprint density at radius 2 is 1.73 bits per heavy atom. The Morgan fingerprint density at radius 3 is 2.48 bits per heavy atom. The smallest absolute Gasteiger partial charge is 0.241 e. The van der Waals surface area contributed by atoms with Crippen molar-refractivity contribution in [1.82, 2.24) is 9.72 Å². The van der Waals surface area contributed by atoms with Crippen LogP contribution in [0.3, 0.4) is 0 Å². The predicted molar refractivity (Wildman–Crippen MR) is 156 cm³/mol. The highest BCUT2D eigenvalue weighted by Gasteiger charge is 2.25. The molecule has 3 aromatic carbocycles. The highest BCUT2D eigenvalue weighted by Crippen LogP contribution is 2.29. The number of carbonyl (C=O) groups is 1. The van der Waals surface area contributed by atoms with Gasteiger partial charge in [-0.15, -0.1) is 0 Å². The molecule has 0 aliphatic carbocycles. The fourth-order valence-corrected chi connectivity index (χ4v) is 6.70. The van der Waals surface area contributed by atoms with Crippen molar-refractivity contribution in [3.05, 3.63) is 96.4 Å². The summed E-state index contributed by atoms with van der Waals surface area (Å²) in [7, 11) is -3.93. The Hall–Kier alpha value is -4.37. The quantitative estimate of drug-likeness (QED) is 0.266. The molecule has 0 radical (unpaired) electrons. The topological polar surface area (TPSA) is 97.4 Å². The number of carbonyl (C=O) groups excluding carboxylic acids is 1. The van der Waals surface area contributed by atoms with Crippen LogP contribution in [0, 0.1) is 6.92 Å². The van der Waals surface area contributed by atoms with Gasteiger partial charge in [-0.05, 0) is 60.7 Å². The molecular weight excluding hydrogens is 524 g/mol. The monoisotopic (exact) mass is 554 g/mol. The van der Waals surface area contributed by atoms with Crippen LogP contribution in [0.5, 0.6) is 0 Å². The number of rotatable bonds is 8. The van der Waals surface area contributed by atoms with E-state index in [1.807, 2.05) is 28.8 Å². The molecule has 3 heterocycles. The maximum atomic E-state index is 13.4. The number of aromatic nitrogens is 2. The number of sulfone groups is 1. The molecule has 1 aliphatic heterocycles. The second kappa shape index (κ2) is 10.7. The van der Waals surface area contributed by atoms with Crippen molar-refractivity contribution in [2.24, 2.45) is 0 Å². The number of hydrogen-bond acceptors (Lipinski definition) is 6. The van der Waals surface area contributed by atoms with Crippen molar-refractivity contribution in [3.8, 4) is 11.1 Å². The van der Waals surface area contributed by atoms with Gasteiger partial charge in [0.1, 0.15) is 11.5 Å². The number of anilines is 2. The van der Waals surface area contributed by atoms with Crippen LogP contribution in [0.2, 0.25) is 0 Å². The number of fused-ring (bicyclic) bond motifs is 1. The van der Waals surface area contributed by atoms with Gasteiger partial charge in [0.25, 0.3) is 0 Å². The summed E-state index contributed by atoms with van der Waals surface area (Å²) in [6.07, 6.45) is 4.12. The largest absolute Gasteiger partial charge is 0.372 e. The summed E-state index contributed by atoms with van der Waals surface area (Å²) in [5.41, 5.74) is 5.34. The number of amides is 1. The molecule has 5 aromatic rings. The van der Waals surface area contributed by atoms with Gasteiger partial charge in [-0.3, -0.25) is 4.79 Å². The van der Waals surface area contributed by atoms with Gasteiger partial charge in [0.05, 0.1) is 4.90 Å². The van der Waals surface area contributed by atoms with Gasteiger partial charge in [-0.2, -0.15) is 0 Å². The maximum absolute atomic E-state index is 13.4. The lowest BCUT2D eigenvalue weighted by Crippen LogP contribution is -2.23. The molecule has 1 saturated heterocycles. The molecule has 9 heteroatoms. The molecule has 0 atom stereocenters. The molecule has 40 heavy (non-hydrogen) atoms. The number of nitrogens with zero attached hydrogens (tertiary/aromatic N) is 3. The van der Waals surface area contributed by atoms with Gasteiger partial charge in [0, 0.05) is 48.5 Å². The number of hydrogen-bond donors (Lipinski definition) is 1. The molecule has 1 amide bonds. The highest BCUT2D eigenvalue weighted by atomic mass is 32.2. The van der Waals surface area contributed by atoms with Crippen molar-refractivity contribution >= 4 is 38.2 Å². The van der Waals surface area contributed by atoms with E-state index in [9.17, 15) is 13.2 Å². The van der Waals surface area contributed by atoms with Crippen LogP contribution in [-0.2, 0) is 21.2 Å². The fraction of sp³-hybridized carbons (Fsp3) is 0.226. The minimum absolute atomic E-state index is 0.128. The standard InChI is InChI=1S/C31H30N4O4S/c1-22-17-30(33-39-22)32-31(36)21-40(37,38)29-20-35(28-10-3-2-9-27(28)29)19-23-7-6-8-25(18-23)24-11-13-26(14-12-24)34-15-4-5-16-34/h2-3,6-14,17-18,20H,4-5,15-16,19,21H2,1H3,(H,32,33,36). The van der Waals surface area contributed by atoms with Crippen molar-refractivity contribution in [3.63, 3.8) is 0 Å². The second-order valence-electron chi connectivity index (χ2n) is 10.2. The summed E-state index contributed by atoms with van der Waals surface area (Å²) in [6, 6.07) is 25.9. The van der Waals surface area contributed by atoms with E-state index in [-0.39, 0.29) is 10.7 Å². The molecular formula is C31H30N4O4S. The van der Waals surface area contributed by atoms with E-state index in [1.54, 1.807) is 25.3 Å². The third-order valence-corrected chi connectivity index (χ3v) is 8.89. The van der Waals surface area contributed by atoms with Gasteiger partial charge in [-0.25, -0.2) is 8.42 Å². The fourth-order valence-electron chi connectivity index (χ4n) is 5.33. The van der Waals surface area contributed by atoms with Gasteiger partial charge in [0.15, 0.2) is 15.7 Å². The van der Waals surface area contributed by atoms with E-state index in [0.717, 1.165) is 35.3 Å². The van der Waals surface area contributed by atoms with Crippen LogP contribution < -0.4 is 10.2 Å².